The van der Waals surface area contributed by atoms with Gasteiger partial charge in [-0.1, -0.05) is 48.0 Å². The molecule has 130 valence electrons. The second-order valence-electron chi connectivity index (χ2n) is 6.01. The lowest BCUT2D eigenvalue weighted by Crippen LogP contribution is -2.59. The summed E-state index contributed by atoms with van der Waals surface area (Å²) in [6, 6.07) is -0.321. The zero-order chi connectivity index (χ0) is 17.1. The Morgan fingerprint density at radius 3 is 2.30 bits per heavy atom. The van der Waals surface area contributed by atoms with Gasteiger partial charge in [-0.2, -0.15) is 0 Å². The molecule has 0 aromatic heterocycles. The fourth-order valence-electron chi connectivity index (χ4n) is 2.43. The maximum atomic E-state index is 12.8. The molecule has 0 N–H and O–H groups in total. The molecule has 23 heavy (non-hydrogen) atoms. The third-order valence-corrected chi connectivity index (χ3v) is 6.94. The van der Waals surface area contributed by atoms with Crippen LogP contribution in [0.3, 0.4) is 0 Å². The Balaban J connectivity index is 2.18. The number of rotatable bonds is 4. The molecule has 2 aliphatic heterocycles. The Morgan fingerprint density at radius 1 is 1.13 bits per heavy atom. The van der Waals surface area contributed by atoms with Crippen LogP contribution in [0.25, 0.3) is 0 Å². The third kappa shape index (κ3) is 4.93. The van der Waals surface area contributed by atoms with Crippen LogP contribution in [0.1, 0.15) is 0 Å². The molecule has 0 aromatic rings. The number of carbonyl (C=O) groups is 1. The smallest absolute Gasteiger partial charge is 0.246 e. The van der Waals surface area contributed by atoms with Crippen LogP contribution < -0.4 is 0 Å². The fourth-order valence-corrected chi connectivity index (χ4v) is 4.55. The lowest BCUT2D eigenvalue weighted by atomic mass is 10.2. The van der Waals surface area contributed by atoms with E-state index in [1.807, 2.05) is 11.9 Å². The lowest BCUT2D eigenvalue weighted by molar-refractivity contribution is -0.133. The van der Waals surface area contributed by atoms with E-state index < -0.39 is 0 Å². The van der Waals surface area contributed by atoms with Gasteiger partial charge in [0, 0.05) is 20.6 Å². The van der Waals surface area contributed by atoms with Gasteiger partial charge in [-0.3, -0.25) is 14.6 Å². The molecule has 0 aliphatic carbocycles. The molecule has 2 saturated heterocycles. The average Bonchev–Trinajstić information content (AvgIpc) is 2.50. The highest BCUT2D eigenvalue weighted by Crippen LogP contribution is 2.23. The Labute approximate surface area is 157 Å². The van der Waals surface area contributed by atoms with E-state index in [4.69, 9.17) is 24.4 Å². The van der Waals surface area contributed by atoms with Crippen molar-refractivity contribution in [1.29, 1.82) is 0 Å². The van der Waals surface area contributed by atoms with E-state index in [9.17, 15) is 4.79 Å². The molecule has 2 rings (SSSR count). The van der Waals surface area contributed by atoms with Crippen LogP contribution in [-0.4, -0.2) is 105 Å². The van der Waals surface area contributed by atoms with Crippen molar-refractivity contribution in [3.63, 3.8) is 0 Å². The molecular formula is C13H23N5OS4. The number of carbonyl (C=O) groups excluding carboxylic acids is 1. The van der Waals surface area contributed by atoms with Crippen LogP contribution in [0.15, 0.2) is 0 Å². The second-order valence-corrected chi connectivity index (χ2v) is 9.17. The van der Waals surface area contributed by atoms with Gasteiger partial charge < -0.3 is 14.7 Å². The van der Waals surface area contributed by atoms with Crippen LogP contribution in [0.4, 0.5) is 0 Å². The summed E-state index contributed by atoms with van der Waals surface area (Å²) in [6.45, 7) is 1.97. The fraction of sp³-hybridized carbons (Fsp3) is 0.769. The lowest BCUT2D eigenvalue weighted by Gasteiger charge is -2.43. The van der Waals surface area contributed by atoms with E-state index in [0.717, 1.165) is 27.1 Å². The summed E-state index contributed by atoms with van der Waals surface area (Å²) in [7, 11) is 7.66. The van der Waals surface area contributed by atoms with E-state index in [0.29, 0.717) is 13.2 Å². The van der Waals surface area contributed by atoms with Gasteiger partial charge in [-0.05, 0) is 14.1 Å². The first-order valence-electron chi connectivity index (χ1n) is 7.23. The highest BCUT2D eigenvalue weighted by Gasteiger charge is 2.35. The Kier molecular flexibility index (Phi) is 6.93. The summed E-state index contributed by atoms with van der Waals surface area (Å²) >= 11 is 14.2. The molecule has 0 radical (unpaired) electrons. The number of thiocarbonyl (C=S) groups is 2. The quantitative estimate of drug-likeness (QED) is 0.644. The number of amides is 1. The van der Waals surface area contributed by atoms with Crippen molar-refractivity contribution in [2.24, 2.45) is 0 Å². The van der Waals surface area contributed by atoms with Crippen molar-refractivity contribution in [1.82, 2.24) is 24.5 Å². The van der Waals surface area contributed by atoms with Crippen molar-refractivity contribution in [3.05, 3.63) is 0 Å². The molecule has 0 bridgehead atoms. The van der Waals surface area contributed by atoms with Crippen LogP contribution in [0, 0.1) is 0 Å². The topological polar surface area (TPSA) is 33.3 Å². The van der Waals surface area contributed by atoms with Gasteiger partial charge >= 0.3 is 0 Å². The summed E-state index contributed by atoms with van der Waals surface area (Å²) < 4.78 is 1.64. The molecule has 1 atom stereocenters. The van der Waals surface area contributed by atoms with Crippen molar-refractivity contribution in [2.75, 3.05) is 59.8 Å². The minimum Gasteiger partial charge on any atom is -0.347 e. The van der Waals surface area contributed by atoms with E-state index in [1.54, 1.807) is 42.5 Å². The Hall–Kier alpha value is -0.130. The Bertz CT molecular complexity index is 489. The van der Waals surface area contributed by atoms with E-state index in [1.165, 1.54) is 0 Å². The predicted octanol–water partition coefficient (Wildman–Crippen LogP) is 0.804. The predicted molar refractivity (Wildman–Crippen MR) is 106 cm³/mol. The molecular weight excluding hydrogens is 370 g/mol. The van der Waals surface area contributed by atoms with Crippen LogP contribution in [0.5, 0.6) is 0 Å². The van der Waals surface area contributed by atoms with E-state index >= 15 is 0 Å². The molecule has 2 aliphatic rings. The molecule has 0 spiro atoms. The van der Waals surface area contributed by atoms with E-state index in [-0.39, 0.29) is 11.9 Å². The minimum atomic E-state index is -0.321. The van der Waals surface area contributed by atoms with Gasteiger partial charge in [0.1, 0.15) is 14.7 Å². The molecule has 10 heteroatoms. The van der Waals surface area contributed by atoms with Gasteiger partial charge in [-0.15, -0.1) is 0 Å². The highest BCUT2D eigenvalue weighted by atomic mass is 32.2. The van der Waals surface area contributed by atoms with Crippen LogP contribution in [0.2, 0.25) is 0 Å². The third-order valence-electron chi connectivity index (χ3n) is 3.61. The number of nitrogens with zero attached hydrogens (tertiary/aromatic N) is 5. The summed E-state index contributed by atoms with van der Waals surface area (Å²) in [5.41, 5.74) is 0. The molecule has 6 nitrogen and oxygen atoms in total. The van der Waals surface area contributed by atoms with Crippen LogP contribution >= 0.6 is 48.0 Å². The van der Waals surface area contributed by atoms with Gasteiger partial charge in [-0.25, -0.2) is 0 Å². The first-order valence-corrected chi connectivity index (χ1v) is 10.0. The van der Waals surface area contributed by atoms with Crippen molar-refractivity contribution >= 4 is 62.5 Å². The summed E-state index contributed by atoms with van der Waals surface area (Å²) in [5.74, 6) is 1.81. The van der Waals surface area contributed by atoms with Gasteiger partial charge in [0.25, 0.3) is 0 Å². The largest absolute Gasteiger partial charge is 0.347 e. The molecule has 2 fully saturated rings. The maximum absolute atomic E-state index is 12.8. The second kappa shape index (κ2) is 8.30. The standard InChI is InChI=1S/C13H23N5OS4/c1-14(2)11(19)10(18-7-16(4)9-23-13(18)21)5-17-6-15(3)8-22-12(17)20/h10H,5-9H2,1-4H3. The Morgan fingerprint density at radius 2 is 1.70 bits per heavy atom. The molecule has 0 saturated carbocycles. The summed E-state index contributed by atoms with van der Waals surface area (Å²) in [5, 5.41) is 0. The SMILES string of the molecule is CN1CSC(=S)N(CC(C(=O)N(C)C)N2CN(C)CSC2=S)C1. The zero-order valence-corrected chi connectivity index (χ0v) is 17.2. The summed E-state index contributed by atoms with van der Waals surface area (Å²) in [6.07, 6.45) is 0. The maximum Gasteiger partial charge on any atom is 0.246 e. The van der Waals surface area contributed by atoms with Gasteiger partial charge in [0.2, 0.25) is 5.91 Å². The number of thioether (sulfide) groups is 2. The van der Waals surface area contributed by atoms with Crippen molar-refractivity contribution in [3.8, 4) is 0 Å². The summed E-state index contributed by atoms with van der Waals surface area (Å²) in [4.78, 5) is 22.9. The highest BCUT2D eigenvalue weighted by molar-refractivity contribution is 8.23. The normalized spacial score (nSPS) is 22.4. The number of likely N-dealkylation sites (N-methyl/N-ethyl adjacent to an activating group) is 1. The minimum absolute atomic E-state index is 0.0595. The molecule has 1 unspecified atom stereocenters. The first kappa shape index (κ1) is 19.2. The van der Waals surface area contributed by atoms with Crippen LogP contribution in [-0.2, 0) is 4.79 Å². The van der Waals surface area contributed by atoms with Gasteiger partial charge in [0.15, 0.2) is 0 Å². The first-order chi connectivity index (χ1) is 10.8. The van der Waals surface area contributed by atoms with Gasteiger partial charge in [0.05, 0.1) is 25.1 Å². The molecule has 1 amide bonds. The average molecular weight is 394 g/mol. The molecule has 0 aromatic carbocycles. The van der Waals surface area contributed by atoms with E-state index in [2.05, 4.69) is 21.7 Å². The van der Waals surface area contributed by atoms with Crippen molar-refractivity contribution < 1.29 is 4.79 Å². The van der Waals surface area contributed by atoms with Crippen molar-refractivity contribution in [2.45, 2.75) is 6.04 Å². The number of hydrogen-bond donors (Lipinski definition) is 0. The number of hydrogen-bond acceptors (Lipinski definition) is 7. The monoisotopic (exact) mass is 393 g/mol. The zero-order valence-electron chi connectivity index (χ0n) is 13.9. The molecule has 2 heterocycles.